The molecular formula is C57H64Cl2O20. The Balaban J connectivity index is 1.60. The number of ether oxygens (including phenoxy) is 13. The molecule has 0 radical (unpaired) electrons. The molecule has 10 atom stereocenters. The number of hydrogen-bond acceptors (Lipinski definition) is 20. The zero-order valence-electron chi connectivity index (χ0n) is 45.4. The van der Waals surface area contributed by atoms with Crippen molar-refractivity contribution in [1.29, 1.82) is 0 Å². The first kappa shape index (κ1) is 61.4. The van der Waals surface area contributed by atoms with Gasteiger partial charge in [0.15, 0.2) is 24.4 Å². The van der Waals surface area contributed by atoms with Gasteiger partial charge in [0, 0.05) is 76.7 Å². The minimum Gasteiger partial charge on any atom is -0.494 e. The van der Waals surface area contributed by atoms with E-state index in [2.05, 4.69) is 0 Å². The molecule has 22 heteroatoms. The fraction of sp³-hybridized carbons (Fsp3) is 0.456. The van der Waals surface area contributed by atoms with Gasteiger partial charge in [-0.3, -0.25) is 33.6 Å². The smallest absolute Gasteiger partial charge is 0.303 e. The molecular weight excluding hydrogens is 1080 g/mol. The summed E-state index contributed by atoms with van der Waals surface area (Å²) >= 11 is 13.8. The van der Waals surface area contributed by atoms with Crippen molar-refractivity contribution >= 4 is 65.0 Å². The van der Waals surface area contributed by atoms with E-state index in [0.717, 1.165) is 59.6 Å². The van der Waals surface area contributed by atoms with Crippen LogP contribution in [-0.4, -0.2) is 124 Å². The molecule has 0 aromatic heterocycles. The van der Waals surface area contributed by atoms with Gasteiger partial charge in [0.05, 0.1) is 19.8 Å². The fourth-order valence-electron chi connectivity index (χ4n) is 9.52. The molecule has 426 valence electrons. The lowest BCUT2D eigenvalue weighted by Gasteiger charge is -2.53. The van der Waals surface area contributed by atoms with Gasteiger partial charge in [-0.1, -0.05) is 59.6 Å². The van der Waals surface area contributed by atoms with Crippen LogP contribution >= 0.6 is 23.2 Å². The summed E-state index contributed by atoms with van der Waals surface area (Å²) in [5, 5.41) is 0.591. The SMILES string of the molecule is CCOc1ccc(Cc2cc([C@]3(OC)O[C@@H](CO[C@@]4(c5ccc(Cl)c(Cc6ccc(OCC)cc6)c5)O[C@H](COC(C)=O)[C@@H](OC(C)=O)[C@H](OC(C)=O)[C@H]4OC(C)=O)[C@@H](OC(C)=O)[C@H](OC(C)=O)[C@H]3OC(C)=O)ccc2Cl)cc1. The van der Waals surface area contributed by atoms with E-state index in [1.165, 1.54) is 19.2 Å². The van der Waals surface area contributed by atoms with Crippen LogP contribution < -0.4 is 9.47 Å². The number of esters is 7. The lowest BCUT2D eigenvalue weighted by atomic mass is 9.85. The molecule has 2 fully saturated rings. The minimum absolute atomic E-state index is 0.0409. The molecule has 0 unspecified atom stereocenters. The average Bonchev–Trinajstić information content (AvgIpc) is 3.40. The number of benzene rings is 4. The minimum atomic E-state index is -2.54. The Kier molecular flexibility index (Phi) is 21.3. The maximum Gasteiger partial charge on any atom is 0.303 e. The van der Waals surface area contributed by atoms with Crippen LogP contribution in [0.1, 0.15) is 95.7 Å². The second-order valence-corrected chi connectivity index (χ2v) is 19.3. The molecule has 79 heavy (non-hydrogen) atoms. The highest BCUT2D eigenvalue weighted by atomic mass is 35.5. The molecule has 4 aromatic carbocycles. The van der Waals surface area contributed by atoms with Gasteiger partial charge in [0.2, 0.25) is 23.8 Å². The van der Waals surface area contributed by atoms with E-state index in [9.17, 15) is 33.6 Å². The maximum atomic E-state index is 13.5. The summed E-state index contributed by atoms with van der Waals surface area (Å²) < 4.78 is 79.5. The van der Waals surface area contributed by atoms with E-state index in [4.69, 9.17) is 84.8 Å². The molecule has 0 bridgehead atoms. The lowest BCUT2D eigenvalue weighted by Crippen LogP contribution is -2.69. The molecule has 2 saturated heterocycles. The third-order valence-corrected chi connectivity index (χ3v) is 13.3. The molecule has 2 heterocycles. The summed E-state index contributed by atoms with van der Waals surface area (Å²) in [6, 6.07) is 23.9. The van der Waals surface area contributed by atoms with Crippen LogP contribution in [-0.2, 0) is 110 Å². The summed E-state index contributed by atoms with van der Waals surface area (Å²) in [6.45, 7) is 10.7. The van der Waals surface area contributed by atoms with Crippen LogP contribution in [0.15, 0.2) is 84.9 Å². The number of carbonyl (C=O) groups excluding carboxylic acids is 7. The molecule has 0 aliphatic carbocycles. The van der Waals surface area contributed by atoms with Gasteiger partial charge in [-0.25, -0.2) is 0 Å². The van der Waals surface area contributed by atoms with E-state index in [-0.39, 0.29) is 29.0 Å². The summed E-state index contributed by atoms with van der Waals surface area (Å²) in [4.78, 5) is 91.8. The molecule has 0 spiro atoms. The van der Waals surface area contributed by atoms with Crippen molar-refractivity contribution < 1.29 is 95.1 Å². The molecule has 4 aromatic rings. The van der Waals surface area contributed by atoms with E-state index in [1.54, 1.807) is 36.4 Å². The van der Waals surface area contributed by atoms with Crippen LogP contribution in [0, 0.1) is 0 Å². The Bertz CT molecular complexity index is 2820. The predicted octanol–water partition coefficient (Wildman–Crippen LogP) is 7.59. The highest BCUT2D eigenvalue weighted by molar-refractivity contribution is 6.31. The van der Waals surface area contributed by atoms with Crippen molar-refractivity contribution in [3.8, 4) is 11.5 Å². The zero-order chi connectivity index (χ0) is 57.8. The van der Waals surface area contributed by atoms with Gasteiger partial charge >= 0.3 is 41.8 Å². The third kappa shape index (κ3) is 15.3. The van der Waals surface area contributed by atoms with E-state index < -0.39 is 115 Å². The van der Waals surface area contributed by atoms with Gasteiger partial charge in [0.25, 0.3) is 0 Å². The average molecular weight is 1140 g/mol. The second kappa shape index (κ2) is 27.4. The topological polar surface area (TPSA) is 239 Å². The van der Waals surface area contributed by atoms with Crippen LogP contribution in [0.3, 0.4) is 0 Å². The van der Waals surface area contributed by atoms with Gasteiger partial charge < -0.3 is 61.6 Å². The molecule has 20 nitrogen and oxygen atoms in total. The number of carbonyl (C=O) groups is 7. The molecule has 6 rings (SSSR count). The molecule has 2 aliphatic heterocycles. The normalized spacial score (nSPS) is 24.5. The van der Waals surface area contributed by atoms with Gasteiger partial charge in [-0.05, 0) is 97.5 Å². The highest BCUT2D eigenvalue weighted by Crippen LogP contribution is 2.48. The van der Waals surface area contributed by atoms with Crippen molar-refractivity contribution in [2.45, 2.75) is 136 Å². The number of methoxy groups -OCH3 is 1. The lowest BCUT2D eigenvalue weighted by molar-refractivity contribution is -0.400. The van der Waals surface area contributed by atoms with Crippen LogP contribution in [0.5, 0.6) is 11.5 Å². The number of halogens is 2. The number of rotatable bonds is 22. The van der Waals surface area contributed by atoms with Crippen LogP contribution in [0.25, 0.3) is 0 Å². The largest absolute Gasteiger partial charge is 0.494 e. The Labute approximate surface area is 467 Å². The molecule has 2 aliphatic rings. The first-order chi connectivity index (χ1) is 37.5. The van der Waals surface area contributed by atoms with Gasteiger partial charge in [-0.2, -0.15) is 0 Å². The predicted molar refractivity (Wildman–Crippen MR) is 280 cm³/mol. The molecule has 0 N–H and O–H groups in total. The Morgan fingerprint density at radius 2 is 0.835 bits per heavy atom. The van der Waals surface area contributed by atoms with E-state index >= 15 is 0 Å². The van der Waals surface area contributed by atoms with Crippen molar-refractivity contribution in [1.82, 2.24) is 0 Å². The zero-order valence-corrected chi connectivity index (χ0v) is 46.9. The van der Waals surface area contributed by atoms with E-state index in [0.29, 0.717) is 40.9 Å². The van der Waals surface area contributed by atoms with Crippen molar-refractivity contribution in [2.24, 2.45) is 0 Å². The summed E-state index contributed by atoms with van der Waals surface area (Å²) in [5.41, 5.74) is 2.83. The van der Waals surface area contributed by atoms with E-state index in [1.807, 2.05) is 50.2 Å². The maximum absolute atomic E-state index is 13.5. The number of hydrogen-bond donors (Lipinski definition) is 0. The third-order valence-electron chi connectivity index (χ3n) is 12.5. The monoisotopic (exact) mass is 1140 g/mol. The first-order valence-electron chi connectivity index (χ1n) is 25.3. The highest BCUT2D eigenvalue weighted by Gasteiger charge is 2.65. The summed E-state index contributed by atoms with van der Waals surface area (Å²) in [5.74, 6) is -9.81. The molecule has 0 saturated carbocycles. The van der Waals surface area contributed by atoms with Gasteiger partial charge in [-0.15, -0.1) is 0 Å². The second-order valence-electron chi connectivity index (χ2n) is 18.4. The van der Waals surface area contributed by atoms with Crippen LogP contribution in [0.4, 0.5) is 0 Å². The summed E-state index contributed by atoms with van der Waals surface area (Å²) in [6.07, 6.45) is -13.3. The van der Waals surface area contributed by atoms with Crippen molar-refractivity contribution in [2.75, 3.05) is 33.5 Å². The van der Waals surface area contributed by atoms with Crippen LogP contribution in [0.2, 0.25) is 10.0 Å². The Morgan fingerprint density at radius 1 is 0.468 bits per heavy atom. The quantitative estimate of drug-likeness (QED) is 0.0544. The van der Waals surface area contributed by atoms with Crippen molar-refractivity contribution in [3.63, 3.8) is 0 Å². The molecule has 0 amide bonds. The Hall–Kier alpha value is -6.81. The summed E-state index contributed by atoms with van der Waals surface area (Å²) in [7, 11) is 1.24. The first-order valence-corrected chi connectivity index (χ1v) is 26.0. The standard InChI is InChI=1S/C57H64Cl2O20/c1-11-68-44-19-13-38(14-20-44)25-40-27-42(17-23-46(40)58)56(67-10)54(76-36(8)65)52(74-34(6)63)51(73-33(5)62)49(78-56)30-71-57(43-18-24-47(59)41(28-43)26-39-15-21-45(22-16-39)69-12-2)55(77-37(9)66)53(75-35(7)64)50(72-32(4)61)48(79-57)29-70-31(3)60/h13-24,27-28,48-55H,11-12,25-26,29-30H2,1-10H3/t48-,49+,50-,51-,52+,53+,54-,55-,56+,57+/m1/s1. The van der Waals surface area contributed by atoms with Crippen molar-refractivity contribution in [3.05, 3.63) is 128 Å². The fourth-order valence-corrected chi connectivity index (χ4v) is 9.89. The Morgan fingerprint density at radius 3 is 1.22 bits per heavy atom. The van der Waals surface area contributed by atoms with Gasteiger partial charge in [0.1, 0.15) is 30.3 Å².